The van der Waals surface area contributed by atoms with Crippen LogP contribution in [0, 0.1) is 6.92 Å². The van der Waals surface area contributed by atoms with Crippen LogP contribution in [0.15, 0.2) is 18.6 Å². The number of nitrogens with one attached hydrogen (secondary N) is 1. The van der Waals surface area contributed by atoms with E-state index in [2.05, 4.69) is 20.4 Å². The molecule has 0 bridgehead atoms. The zero-order valence-electron chi connectivity index (χ0n) is 10.1. The van der Waals surface area contributed by atoms with Gasteiger partial charge in [-0.25, -0.2) is 4.98 Å². The quantitative estimate of drug-likeness (QED) is 0.854. The van der Waals surface area contributed by atoms with Crippen molar-refractivity contribution in [2.75, 3.05) is 7.05 Å². The van der Waals surface area contributed by atoms with Crippen molar-refractivity contribution < 1.29 is 4.74 Å². The molecular weight excluding hydrogens is 218 g/mol. The summed E-state index contributed by atoms with van der Waals surface area (Å²) in [5.41, 5.74) is 1.97. The number of aromatic nitrogens is 4. The molecule has 0 aliphatic heterocycles. The van der Waals surface area contributed by atoms with Crippen LogP contribution in [0.2, 0.25) is 0 Å². The third-order valence-corrected chi connectivity index (χ3v) is 2.32. The highest BCUT2D eigenvalue weighted by Gasteiger charge is 2.05. The molecular formula is C11H15N5O. The predicted molar refractivity (Wildman–Crippen MR) is 62.8 cm³/mol. The third kappa shape index (κ3) is 2.79. The van der Waals surface area contributed by atoms with Crippen molar-refractivity contribution in [3.63, 3.8) is 0 Å². The van der Waals surface area contributed by atoms with Gasteiger partial charge in [0, 0.05) is 31.0 Å². The Labute approximate surface area is 99.7 Å². The summed E-state index contributed by atoms with van der Waals surface area (Å²) in [6.07, 6.45) is 5.16. The second-order valence-corrected chi connectivity index (χ2v) is 3.75. The molecule has 0 unspecified atom stereocenters. The summed E-state index contributed by atoms with van der Waals surface area (Å²) in [6, 6.07) is 0.343. The molecule has 2 aromatic rings. The van der Waals surface area contributed by atoms with Gasteiger partial charge in [-0.3, -0.25) is 4.68 Å². The number of ether oxygens (including phenoxy) is 1. The van der Waals surface area contributed by atoms with Gasteiger partial charge in [0.25, 0.3) is 0 Å². The number of rotatable bonds is 4. The van der Waals surface area contributed by atoms with E-state index >= 15 is 0 Å². The van der Waals surface area contributed by atoms with E-state index < -0.39 is 0 Å². The van der Waals surface area contributed by atoms with E-state index in [9.17, 15) is 0 Å². The van der Waals surface area contributed by atoms with E-state index in [1.165, 1.54) is 0 Å². The summed E-state index contributed by atoms with van der Waals surface area (Å²) in [4.78, 5) is 8.44. The second kappa shape index (κ2) is 4.92. The smallest absolute Gasteiger partial charge is 0.322 e. The molecule has 2 heterocycles. The molecule has 0 amide bonds. The molecule has 0 fully saturated rings. The molecule has 90 valence electrons. The largest absolute Gasteiger partial charge is 0.421 e. The van der Waals surface area contributed by atoms with Gasteiger partial charge in [-0.1, -0.05) is 0 Å². The molecule has 17 heavy (non-hydrogen) atoms. The van der Waals surface area contributed by atoms with E-state index in [4.69, 9.17) is 4.74 Å². The topological polar surface area (TPSA) is 64.9 Å². The van der Waals surface area contributed by atoms with Gasteiger partial charge in [0.15, 0.2) is 5.75 Å². The molecule has 0 radical (unpaired) electrons. The van der Waals surface area contributed by atoms with Crippen LogP contribution >= 0.6 is 0 Å². The number of hydrogen-bond acceptors (Lipinski definition) is 5. The van der Waals surface area contributed by atoms with Crippen molar-refractivity contribution in [2.45, 2.75) is 13.5 Å². The highest BCUT2D eigenvalue weighted by Crippen LogP contribution is 2.17. The lowest BCUT2D eigenvalue weighted by Gasteiger charge is -2.05. The summed E-state index contributed by atoms with van der Waals surface area (Å²) in [6.45, 7) is 2.68. The average Bonchev–Trinajstić information content (AvgIpc) is 2.68. The van der Waals surface area contributed by atoms with Crippen molar-refractivity contribution in [2.24, 2.45) is 7.05 Å². The molecule has 1 N–H and O–H groups in total. The Morgan fingerprint density at radius 2 is 2.24 bits per heavy atom. The minimum atomic E-state index is 0.343. The molecule has 0 aliphatic rings. The Balaban J connectivity index is 2.14. The first-order valence-corrected chi connectivity index (χ1v) is 5.32. The molecule has 0 saturated heterocycles. The normalized spacial score (nSPS) is 10.5. The Bertz CT molecular complexity index is 508. The van der Waals surface area contributed by atoms with Crippen molar-refractivity contribution in [1.29, 1.82) is 0 Å². The van der Waals surface area contributed by atoms with Crippen LogP contribution in [0.1, 0.15) is 11.3 Å². The Morgan fingerprint density at radius 3 is 2.82 bits per heavy atom. The Morgan fingerprint density at radius 1 is 1.41 bits per heavy atom. The number of hydrogen-bond donors (Lipinski definition) is 1. The van der Waals surface area contributed by atoms with Gasteiger partial charge in [0.05, 0.1) is 12.4 Å². The molecule has 0 spiro atoms. The molecule has 0 aliphatic carbocycles. The predicted octanol–water partition coefficient (Wildman–Crippen LogP) is 1.03. The molecule has 0 aromatic carbocycles. The zero-order valence-corrected chi connectivity index (χ0v) is 10.1. The maximum atomic E-state index is 5.49. The molecule has 0 saturated carbocycles. The summed E-state index contributed by atoms with van der Waals surface area (Å²) in [5.74, 6) is 0.633. The lowest BCUT2D eigenvalue weighted by molar-refractivity contribution is 0.438. The Kier molecular flexibility index (Phi) is 3.34. The van der Waals surface area contributed by atoms with Crippen LogP contribution in [0.3, 0.4) is 0 Å². The number of aryl methyl sites for hydroxylation is 2. The highest BCUT2D eigenvalue weighted by molar-refractivity contribution is 5.21. The van der Waals surface area contributed by atoms with Gasteiger partial charge in [-0.05, 0) is 14.0 Å². The van der Waals surface area contributed by atoms with Crippen molar-refractivity contribution in [3.8, 4) is 11.8 Å². The van der Waals surface area contributed by atoms with E-state index in [1.807, 2.05) is 21.0 Å². The molecule has 0 atom stereocenters. The van der Waals surface area contributed by atoms with Crippen molar-refractivity contribution in [3.05, 3.63) is 29.8 Å². The van der Waals surface area contributed by atoms with E-state index in [1.54, 1.807) is 23.3 Å². The van der Waals surface area contributed by atoms with E-state index in [-0.39, 0.29) is 0 Å². The fraction of sp³-hybridized carbons (Fsp3) is 0.364. The summed E-state index contributed by atoms with van der Waals surface area (Å²) in [7, 11) is 3.72. The SMILES string of the molecule is CNCc1cnc(Oc2cnn(C)c2)nc1C. The minimum absolute atomic E-state index is 0.343. The molecule has 2 rings (SSSR count). The van der Waals surface area contributed by atoms with Gasteiger partial charge in [-0.2, -0.15) is 10.1 Å². The van der Waals surface area contributed by atoms with Gasteiger partial charge in [-0.15, -0.1) is 0 Å². The maximum Gasteiger partial charge on any atom is 0.322 e. The summed E-state index contributed by atoms with van der Waals surface area (Å²) in [5, 5.41) is 7.07. The van der Waals surface area contributed by atoms with Crippen LogP contribution in [-0.2, 0) is 13.6 Å². The first-order valence-electron chi connectivity index (χ1n) is 5.32. The monoisotopic (exact) mass is 233 g/mol. The molecule has 6 nitrogen and oxygen atoms in total. The summed E-state index contributed by atoms with van der Waals surface area (Å²) < 4.78 is 7.15. The third-order valence-electron chi connectivity index (χ3n) is 2.32. The average molecular weight is 233 g/mol. The fourth-order valence-electron chi connectivity index (χ4n) is 1.44. The van der Waals surface area contributed by atoms with E-state index in [0.717, 1.165) is 17.8 Å². The van der Waals surface area contributed by atoms with Crippen LogP contribution in [0.25, 0.3) is 0 Å². The van der Waals surface area contributed by atoms with Crippen LogP contribution in [-0.4, -0.2) is 26.8 Å². The van der Waals surface area contributed by atoms with Gasteiger partial charge in [0.2, 0.25) is 0 Å². The molecule has 6 heteroatoms. The Hall–Kier alpha value is -1.95. The van der Waals surface area contributed by atoms with E-state index in [0.29, 0.717) is 11.8 Å². The van der Waals surface area contributed by atoms with Crippen molar-refractivity contribution in [1.82, 2.24) is 25.1 Å². The lowest BCUT2D eigenvalue weighted by Crippen LogP contribution is -2.08. The van der Waals surface area contributed by atoms with Crippen LogP contribution < -0.4 is 10.1 Å². The first kappa shape index (κ1) is 11.5. The lowest BCUT2D eigenvalue weighted by atomic mass is 10.2. The highest BCUT2D eigenvalue weighted by atomic mass is 16.5. The standard InChI is InChI=1S/C11H15N5O/c1-8-9(4-12-2)5-13-11(15-8)17-10-6-14-16(3)7-10/h5-7,12H,4H2,1-3H3. The van der Waals surface area contributed by atoms with Crippen LogP contribution in [0.4, 0.5) is 0 Å². The summed E-state index contributed by atoms with van der Waals surface area (Å²) >= 11 is 0. The maximum absolute atomic E-state index is 5.49. The van der Waals surface area contributed by atoms with Gasteiger partial charge in [0.1, 0.15) is 0 Å². The molecule has 2 aromatic heterocycles. The van der Waals surface area contributed by atoms with Gasteiger partial charge < -0.3 is 10.1 Å². The zero-order chi connectivity index (χ0) is 12.3. The fourth-order valence-corrected chi connectivity index (χ4v) is 1.44. The van der Waals surface area contributed by atoms with Gasteiger partial charge >= 0.3 is 6.01 Å². The second-order valence-electron chi connectivity index (χ2n) is 3.75. The van der Waals surface area contributed by atoms with Crippen LogP contribution in [0.5, 0.6) is 11.8 Å². The number of nitrogens with zero attached hydrogens (tertiary/aromatic N) is 4. The minimum Gasteiger partial charge on any atom is -0.421 e. The van der Waals surface area contributed by atoms with Crippen molar-refractivity contribution >= 4 is 0 Å². The first-order chi connectivity index (χ1) is 8.19.